The number of nitrogens with zero attached hydrogens (tertiary/aromatic N) is 2. The van der Waals surface area contributed by atoms with Gasteiger partial charge in [-0.2, -0.15) is 0 Å². The zero-order chi connectivity index (χ0) is 24.5. The molecule has 9 heteroatoms. The zero-order valence-corrected chi connectivity index (χ0v) is 20.3. The van der Waals surface area contributed by atoms with E-state index in [4.69, 9.17) is 21.1 Å². The van der Waals surface area contributed by atoms with Crippen molar-refractivity contribution in [3.05, 3.63) is 52.5 Å². The maximum Gasteiger partial charge on any atom is 0.250 e. The number of hydrogen-bond acceptors (Lipinski definition) is 6. The molecule has 0 unspecified atom stereocenters. The minimum Gasteiger partial charge on any atom is -0.493 e. The summed E-state index contributed by atoms with van der Waals surface area (Å²) in [5.74, 6) is -0.806. The second kappa shape index (κ2) is 7.96. The molecule has 6 rings (SSSR count). The lowest BCUT2D eigenvalue weighted by Gasteiger charge is -2.36. The highest BCUT2D eigenvalue weighted by molar-refractivity contribution is 6.35. The maximum absolute atomic E-state index is 13.9. The van der Waals surface area contributed by atoms with Crippen LogP contribution in [0.15, 0.2) is 36.4 Å². The van der Waals surface area contributed by atoms with Gasteiger partial charge in [-0.15, -0.1) is 0 Å². The van der Waals surface area contributed by atoms with Gasteiger partial charge in [0.05, 0.1) is 36.8 Å². The molecule has 0 aromatic heterocycles. The Morgan fingerprint density at radius 3 is 2.66 bits per heavy atom. The lowest BCUT2D eigenvalue weighted by molar-refractivity contribution is -0.145. The highest BCUT2D eigenvalue weighted by Gasteiger charge is 2.74. The summed E-state index contributed by atoms with van der Waals surface area (Å²) in [4.78, 5) is 44.7. The van der Waals surface area contributed by atoms with Crippen molar-refractivity contribution >= 4 is 35.0 Å². The van der Waals surface area contributed by atoms with Crippen LogP contribution in [0.5, 0.6) is 11.5 Å². The molecule has 0 bridgehead atoms. The van der Waals surface area contributed by atoms with Crippen molar-refractivity contribution in [1.82, 2.24) is 9.80 Å². The Kier molecular flexibility index (Phi) is 5.09. The van der Waals surface area contributed by atoms with E-state index in [2.05, 4.69) is 10.2 Å². The Hall–Kier alpha value is -3.10. The number of rotatable bonds is 5. The normalized spacial score (nSPS) is 28.9. The van der Waals surface area contributed by atoms with Crippen LogP contribution in [0, 0.1) is 11.8 Å². The summed E-state index contributed by atoms with van der Waals surface area (Å²) >= 11 is 6.43. The highest BCUT2D eigenvalue weighted by atomic mass is 35.5. The van der Waals surface area contributed by atoms with Crippen LogP contribution >= 0.6 is 11.6 Å². The summed E-state index contributed by atoms with van der Waals surface area (Å²) in [6.07, 6.45) is 2.15. The van der Waals surface area contributed by atoms with E-state index in [0.717, 1.165) is 18.4 Å². The minimum absolute atomic E-state index is 0.141. The molecule has 0 radical (unpaired) electrons. The number of methoxy groups -OCH3 is 2. The van der Waals surface area contributed by atoms with Gasteiger partial charge in [0.25, 0.3) is 5.91 Å². The van der Waals surface area contributed by atoms with Crippen molar-refractivity contribution in [3.63, 3.8) is 0 Å². The number of anilines is 1. The maximum atomic E-state index is 13.9. The molecule has 3 fully saturated rings. The van der Waals surface area contributed by atoms with Crippen molar-refractivity contribution < 1.29 is 23.9 Å². The van der Waals surface area contributed by atoms with Gasteiger partial charge < -0.3 is 14.8 Å². The van der Waals surface area contributed by atoms with Crippen LogP contribution in [0.1, 0.15) is 24.0 Å². The molecule has 1 N–H and O–H groups in total. The molecule has 4 aliphatic rings. The van der Waals surface area contributed by atoms with Gasteiger partial charge in [-0.3, -0.25) is 24.2 Å². The Morgan fingerprint density at radius 2 is 1.89 bits per heavy atom. The molecule has 2 aromatic rings. The second-order valence-corrected chi connectivity index (χ2v) is 9.96. The molecular formula is C26H26ClN3O5. The average Bonchev–Trinajstić information content (AvgIpc) is 3.57. The minimum atomic E-state index is -1.20. The first-order valence-corrected chi connectivity index (χ1v) is 12.2. The number of nitrogens with one attached hydrogen (secondary N) is 1. The number of benzene rings is 2. The summed E-state index contributed by atoms with van der Waals surface area (Å²) < 4.78 is 10.7. The average molecular weight is 496 g/mol. The molecule has 1 spiro atoms. The molecule has 35 heavy (non-hydrogen) atoms. The van der Waals surface area contributed by atoms with Crippen LogP contribution in [0.3, 0.4) is 0 Å². The molecule has 4 aliphatic heterocycles. The van der Waals surface area contributed by atoms with E-state index in [0.29, 0.717) is 40.7 Å². The first kappa shape index (κ1) is 22.4. The molecule has 3 saturated heterocycles. The monoisotopic (exact) mass is 495 g/mol. The summed E-state index contributed by atoms with van der Waals surface area (Å²) in [5.41, 5.74) is 0.983. The molecule has 0 saturated carbocycles. The van der Waals surface area contributed by atoms with E-state index < -0.39 is 17.4 Å². The molecule has 0 aliphatic carbocycles. The number of imide groups is 1. The quantitative estimate of drug-likeness (QED) is 0.642. The van der Waals surface area contributed by atoms with E-state index in [1.165, 1.54) is 4.90 Å². The van der Waals surface area contributed by atoms with Gasteiger partial charge in [0.1, 0.15) is 5.54 Å². The summed E-state index contributed by atoms with van der Waals surface area (Å²) in [6.45, 7) is 0.913. The van der Waals surface area contributed by atoms with Crippen molar-refractivity contribution in [1.29, 1.82) is 0 Å². The van der Waals surface area contributed by atoms with Gasteiger partial charge in [-0.05, 0) is 49.6 Å². The van der Waals surface area contributed by atoms with Crippen molar-refractivity contribution in [2.45, 2.75) is 30.8 Å². The fourth-order valence-electron chi connectivity index (χ4n) is 6.75. The van der Waals surface area contributed by atoms with Gasteiger partial charge in [0.2, 0.25) is 11.8 Å². The fraction of sp³-hybridized carbons (Fsp3) is 0.423. The molecule has 182 valence electrons. The standard InChI is InChI=1S/C26H26ClN3O5/c1-34-18-9-8-14(13-19(18)35-2)10-12-29-23(31)20-17-7-4-11-30(17)26(21(20)24(29)32)15-5-3-6-16(27)22(15)28-25(26)33/h3,5-6,8-9,13,17,20-21H,4,7,10-12H2,1-2H3,(H,28,33)/t17-,20+,21-,26-/m0/s1. The van der Waals surface area contributed by atoms with Crippen molar-refractivity contribution in [2.24, 2.45) is 11.8 Å². The first-order chi connectivity index (χ1) is 16.9. The number of carbonyl (C=O) groups is 3. The third-order valence-electron chi connectivity index (χ3n) is 8.14. The fourth-order valence-corrected chi connectivity index (χ4v) is 6.97. The third kappa shape index (κ3) is 2.87. The van der Waals surface area contributed by atoms with Crippen molar-refractivity contribution in [2.75, 3.05) is 32.6 Å². The van der Waals surface area contributed by atoms with E-state index in [1.807, 2.05) is 24.3 Å². The predicted molar refractivity (Wildman–Crippen MR) is 128 cm³/mol. The lowest BCUT2D eigenvalue weighted by Crippen LogP contribution is -2.54. The molecule has 3 amide bonds. The van der Waals surface area contributed by atoms with E-state index >= 15 is 0 Å². The van der Waals surface area contributed by atoms with Crippen LogP contribution < -0.4 is 14.8 Å². The van der Waals surface area contributed by atoms with E-state index in [1.54, 1.807) is 26.4 Å². The SMILES string of the molecule is COc1ccc(CCN2C(=O)[C@H]3[C@@H](C2=O)[C@@]2(C(=O)Nc4c(Cl)cccc42)N2CCC[C@@H]32)cc1OC. The molecule has 4 atom stereocenters. The lowest BCUT2D eigenvalue weighted by atomic mass is 9.75. The summed E-state index contributed by atoms with van der Waals surface area (Å²) in [5, 5.41) is 3.37. The second-order valence-electron chi connectivity index (χ2n) is 9.56. The highest BCUT2D eigenvalue weighted by Crippen LogP contribution is 2.61. The first-order valence-electron chi connectivity index (χ1n) is 11.9. The van der Waals surface area contributed by atoms with Crippen LogP contribution in [-0.2, 0) is 26.3 Å². The van der Waals surface area contributed by atoms with E-state index in [-0.39, 0.29) is 30.3 Å². The molecule has 8 nitrogen and oxygen atoms in total. The van der Waals surface area contributed by atoms with Gasteiger partial charge in [-0.25, -0.2) is 0 Å². The Balaban J connectivity index is 1.35. The number of fused-ring (bicyclic) bond motifs is 7. The Labute approximate surface area is 208 Å². The van der Waals surface area contributed by atoms with Gasteiger partial charge in [0, 0.05) is 18.2 Å². The third-order valence-corrected chi connectivity index (χ3v) is 8.46. The Morgan fingerprint density at radius 1 is 1.09 bits per heavy atom. The number of hydrogen-bond donors (Lipinski definition) is 1. The van der Waals surface area contributed by atoms with Gasteiger partial charge >= 0.3 is 0 Å². The predicted octanol–water partition coefficient (Wildman–Crippen LogP) is 2.83. The summed E-state index contributed by atoms with van der Waals surface area (Å²) in [6, 6.07) is 10.8. The largest absolute Gasteiger partial charge is 0.493 e. The topological polar surface area (TPSA) is 88.2 Å². The number of ether oxygens (including phenoxy) is 2. The smallest absolute Gasteiger partial charge is 0.250 e. The van der Waals surface area contributed by atoms with Gasteiger partial charge in [0.15, 0.2) is 11.5 Å². The van der Waals surface area contributed by atoms with Crippen LogP contribution in [0.25, 0.3) is 0 Å². The summed E-state index contributed by atoms with van der Waals surface area (Å²) in [7, 11) is 3.14. The molecular weight excluding hydrogens is 470 g/mol. The molecule has 2 aromatic carbocycles. The zero-order valence-electron chi connectivity index (χ0n) is 19.5. The van der Waals surface area contributed by atoms with E-state index in [9.17, 15) is 14.4 Å². The Bertz CT molecular complexity index is 1270. The number of halogens is 1. The number of carbonyl (C=O) groups excluding carboxylic acids is 3. The van der Waals surface area contributed by atoms with Gasteiger partial charge in [-0.1, -0.05) is 29.8 Å². The van der Waals surface area contributed by atoms with Crippen LogP contribution in [0.4, 0.5) is 5.69 Å². The van der Waals surface area contributed by atoms with Crippen LogP contribution in [-0.4, -0.2) is 60.9 Å². The molecule has 4 heterocycles. The number of para-hydroxylation sites is 1. The number of amides is 3. The van der Waals surface area contributed by atoms with Crippen LogP contribution in [0.2, 0.25) is 5.02 Å². The number of likely N-dealkylation sites (tertiary alicyclic amines) is 1. The van der Waals surface area contributed by atoms with Crippen molar-refractivity contribution in [3.8, 4) is 11.5 Å².